The third kappa shape index (κ3) is 1.63. The molecule has 0 bridgehead atoms. The molecule has 1 aromatic carbocycles. The van der Waals surface area contributed by atoms with Crippen molar-refractivity contribution in [2.45, 2.75) is 32.1 Å². The maximum Gasteiger partial charge on any atom is 0.126 e. The van der Waals surface area contributed by atoms with E-state index in [0.29, 0.717) is 5.92 Å². The number of fused-ring (bicyclic) bond motifs is 1. The lowest BCUT2D eigenvalue weighted by atomic mass is 9.81. The molecule has 1 aliphatic carbocycles. The molecule has 1 fully saturated rings. The number of hydrogen-bond donors (Lipinski definition) is 0. The van der Waals surface area contributed by atoms with Crippen LogP contribution in [0, 0.1) is 6.92 Å². The number of halogens is 1. The van der Waals surface area contributed by atoms with Crippen molar-refractivity contribution in [3.63, 3.8) is 0 Å². The molecule has 0 unspecified atom stereocenters. The highest BCUT2D eigenvalue weighted by molar-refractivity contribution is 9.10. The molecule has 3 heteroatoms. The van der Waals surface area contributed by atoms with Crippen LogP contribution in [-0.2, 0) is 0 Å². The van der Waals surface area contributed by atoms with Gasteiger partial charge < -0.3 is 0 Å². The summed E-state index contributed by atoms with van der Waals surface area (Å²) < 4.78 is 1.08. The summed E-state index contributed by atoms with van der Waals surface area (Å²) in [5.41, 5.74) is 2.31. The van der Waals surface area contributed by atoms with Gasteiger partial charge in [0.05, 0.1) is 11.2 Å². The van der Waals surface area contributed by atoms with Crippen LogP contribution in [0.4, 0.5) is 0 Å². The first-order chi connectivity index (χ1) is 7.74. The predicted molar refractivity (Wildman–Crippen MR) is 68.6 cm³/mol. The van der Waals surface area contributed by atoms with Crippen molar-refractivity contribution in [3.8, 4) is 0 Å². The van der Waals surface area contributed by atoms with Crippen LogP contribution in [0.3, 0.4) is 0 Å². The largest absolute Gasteiger partial charge is 0.237 e. The zero-order valence-electron chi connectivity index (χ0n) is 9.20. The molecule has 82 valence electrons. The molecule has 2 nitrogen and oxygen atoms in total. The molecule has 3 rings (SSSR count). The van der Waals surface area contributed by atoms with Crippen LogP contribution in [0.15, 0.2) is 22.7 Å². The molecular weight excluding hydrogens is 264 g/mol. The number of aromatic nitrogens is 2. The summed E-state index contributed by atoms with van der Waals surface area (Å²) in [5, 5.41) is 1.22. The maximum absolute atomic E-state index is 4.63. The Morgan fingerprint density at radius 2 is 2.06 bits per heavy atom. The second kappa shape index (κ2) is 3.81. The van der Waals surface area contributed by atoms with Gasteiger partial charge in [0.2, 0.25) is 0 Å². The van der Waals surface area contributed by atoms with Gasteiger partial charge in [-0.05, 0) is 38.0 Å². The van der Waals surface area contributed by atoms with E-state index in [0.717, 1.165) is 15.8 Å². The Kier molecular flexibility index (Phi) is 2.43. The van der Waals surface area contributed by atoms with Crippen LogP contribution in [0.25, 0.3) is 10.9 Å². The molecule has 1 heterocycles. The molecule has 0 N–H and O–H groups in total. The Labute approximate surface area is 103 Å². The first-order valence-corrected chi connectivity index (χ1v) is 6.47. The molecule has 0 radical (unpaired) electrons. The van der Waals surface area contributed by atoms with Crippen molar-refractivity contribution in [2.24, 2.45) is 0 Å². The Morgan fingerprint density at radius 3 is 2.75 bits per heavy atom. The Balaban J connectivity index is 2.25. The third-order valence-corrected chi connectivity index (χ3v) is 3.79. The highest BCUT2D eigenvalue weighted by Crippen LogP contribution is 2.38. The molecule has 1 saturated carbocycles. The zero-order chi connectivity index (χ0) is 11.1. The van der Waals surface area contributed by atoms with Gasteiger partial charge in [-0.2, -0.15) is 0 Å². The summed E-state index contributed by atoms with van der Waals surface area (Å²) in [5.74, 6) is 1.54. The van der Waals surface area contributed by atoms with E-state index < -0.39 is 0 Å². The van der Waals surface area contributed by atoms with E-state index in [-0.39, 0.29) is 0 Å². The minimum absolute atomic E-state index is 0.658. The minimum atomic E-state index is 0.658. The molecular formula is C13H13BrN2. The van der Waals surface area contributed by atoms with Crippen LogP contribution in [-0.4, -0.2) is 9.97 Å². The van der Waals surface area contributed by atoms with Crippen molar-refractivity contribution >= 4 is 26.8 Å². The topological polar surface area (TPSA) is 25.8 Å². The SMILES string of the molecule is Cc1nc(C2CCC2)c2ccc(Br)cc2n1. The van der Waals surface area contributed by atoms with Crippen LogP contribution in [0.2, 0.25) is 0 Å². The highest BCUT2D eigenvalue weighted by atomic mass is 79.9. The second-order valence-corrected chi connectivity index (χ2v) is 5.36. The average molecular weight is 277 g/mol. The summed E-state index contributed by atoms with van der Waals surface area (Å²) in [7, 11) is 0. The average Bonchev–Trinajstić information content (AvgIpc) is 2.13. The molecule has 0 atom stereocenters. The number of aryl methyl sites for hydroxylation is 1. The fourth-order valence-electron chi connectivity index (χ4n) is 2.24. The molecule has 0 amide bonds. The van der Waals surface area contributed by atoms with Crippen LogP contribution in [0.5, 0.6) is 0 Å². The monoisotopic (exact) mass is 276 g/mol. The Hall–Kier alpha value is -0.960. The summed E-state index contributed by atoms with van der Waals surface area (Å²) in [4.78, 5) is 9.12. The van der Waals surface area contributed by atoms with Gasteiger partial charge in [0.15, 0.2) is 0 Å². The van der Waals surface area contributed by atoms with Crippen molar-refractivity contribution in [3.05, 3.63) is 34.2 Å². The lowest BCUT2D eigenvalue weighted by Gasteiger charge is -2.26. The van der Waals surface area contributed by atoms with E-state index >= 15 is 0 Å². The van der Waals surface area contributed by atoms with E-state index in [2.05, 4.69) is 44.1 Å². The molecule has 1 aromatic heterocycles. The number of nitrogens with zero attached hydrogens (tertiary/aromatic N) is 2. The number of benzene rings is 1. The summed E-state index contributed by atoms with van der Waals surface area (Å²) in [6, 6.07) is 6.28. The van der Waals surface area contributed by atoms with E-state index in [1.165, 1.54) is 30.3 Å². The van der Waals surface area contributed by atoms with Crippen molar-refractivity contribution in [1.29, 1.82) is 0 Å². The molecule has 0 spiro atoms. The standard InChI is InChI=1S/C13H13BrN2/c1-8-15-12-7-10(14)5-6-11(12)13(16-8)9-3-2-4-9/h5-7,9H,2-4H2,1H3. The lowest BCUT2D eigenvalue weighted by Crippen LogP contribution is -2.12. The van der Waals surface area contributed by atoms with Gasteiger partial charge in [-0.3, -0.25) is 0 Å². The maximum atomic E-state index is 4.63. The first-order valence-electron chi connectivity index (χ1n) is 5.68. The van der Waals surface area contributed by atoms with E-state index in [4.69, 9.17) is 0 Å². The third-order valence-electron chi connectivity index (χ3n) is 3.29. The molecule has 16 heavy (non-hydrogen) atoms. The predicted octanol–water partition coefficient (Wildman–Crippen LogP) is 3.97. The van der Waals surface area contributed by atoms with Gasteiger partial charge >= 0.3 is 0 Å². The molecule has 0 saturated heterocycles. The van der Waals surface area contributed by atoms with Crippen LogP contribution in [0.1, 0.15) is 36.7 Å². The van der Waals surface area contributed by atoms with Gasteiger partial charge in [-0.1, -0.05) is 22.4 Å². The molecule has 2 aromatic rings. The van der Waals surface area contributed by atoms with E-state index in [9.17, 15) is 0 Å². The van der Waals surface area contributed by atoms with Gasteiger partial charge in [-0.25, -0.2) is 9.97 Å². The summed E-state index contributed by atoms with van der Waals surface area (Å²) in [6.45, 7) is 1.97. The molecule has 0 aliphatic heterocycles. The first kappa shape index (κ1) is 10.2. The smallest absolute Gasteiger partial charge is 0.126 e. The Morgan fingerprint density at radius 1 is 1.25 bits per heavy atom. The normalized spacial score (nSPS) is 16.4. The Bertz CT molecular complexity index is 542. The van der Waals surface area contributed by atoms with Gasteiger partial charge in [0, 0.05) is 15.8 Å². The fourth-order valence-corrected chi connectivity index (χ4v) is 2.59. The van der Waals surface area contributed by atoms with Gasteiger partial charge in [0.1, 0.15) is 5.82 Å². The van der Waals surface area contributed by atoms with Crippen molar-refractivity contribution in [1.82, 2.24) is 9.97 Å². The lowest BCUT2D eigenvalue weighted by molar-refractivity contribution is 0.413. The molecule has 1 aliphatic rings. The second-order valence-electron chi connectivity index (χ2n) is 4.45. The van der Waals surface area contributed by atoms with Gasteiger partial charge in [-0.15, -0.1) is 0 Å². The number of rotatable bonds is 1. The van der Waals surface area contributed by atoms with E-state index in [1.807, 2.05) is 6.92 Å². The van der Waals surface area contributed by atoms with Crippen molar-refractivity contribution in [2.75, 3.05) is 0 Å². The summed E-state index contributed by atoms with van der Waals surface area (Å²) >= 11 is 3.49. The summed E-state index contributed by atoms with van der Waals surface area (Å²) in [6.07, 6.45) is 3.90. The zero-order valence-corrected chi connectivity index (χ0v) is 10.8. The van der Waals surface area contributed by atoms with Crippen LogP contribution < -0.4 is 0 Å². The van der Waals surface area contributed by atoms with Crippen LogP contribution >= 0.6 is 15.9 Å². The van der Waals surface area contributed by atoms with E-state index in [1.54, 1.807) is 0 Å². The minimum Gasteiger partial charge on any atom is -0.237 e. The number of hydrogen-bond acceptors (Lipinski definition) is 2. The van der Waals surface area contributed by atoms with Gasteiger partial charge in [0.25, 0.3) is 0 Å². The highest BCUT2D eigenvalue weighted by Gasteiger charge is 2.23. The quantitative estimate of drug-likeness (QED) is 0.788. The van der Waals surface area contributed by atoms with Crippen molar-refractivity contribution < 1.29 is 0 Å². The fraction of sp³-hybridized carbons (Fsp3) is 0.385.